The first-order valence-electron chi connectivity index (χ1n) is 12.2. The number of imide groups is 1. The van der Waals surface area contributed by atoms with E-state index in [4.69, 9.17) is 10.6 Å². The number of amides is 3. The van der Waals surface area contributed by atoms with E-state index in [0.29, 0.717) is 66.6 Å². The van der Waals surface area contributed by atoms with Crippen LogP contribution in [-0.4, -0.2) is 104 Å². The molecular weight excluding hydrogens is 506 g/mol. The molecule has 0 unspecified atom stereocenters. The van der Waals surface area contributed by atoms with E-state index in [2.05, 4.69) is 15.0 Å². The van der Waals surface area contributed by atoms with Gasteiger partial charge in [-0.05, 0) is 32.3 Å². The molecule has 0 saturated carbocycles. The summed E-state index contributed by atoms with van der Waals surface area (Å²) >= 11 is 1.23. The Kier molecular flexibility index (Phi) is 7.00. The molecule has 11 nitrogen and oxygen atoms in total. The fourth-order valence-electron chi connectivity index (χ4n) is 4.89. The van der Waals surface area contributed by atoms with E-state index in [1.807, 2.05) is 43.3 Å². The standard InChI is InChI=1S/C26H29N7O4S/c1-30(2)9-14-33-23(34)17-6-4-5-16-20(8-7-18(21(16)17)24(33)35)31-10-12-32(13-11-31)25(36)22(29-37-3)19-15-38-26(27)28-19/h4-8,15H,9-14H2,1-3H3,(H2,27,28)/b29-22-. The van der Waals surface area contributed by atoms with Crippen molar-refractivity contribution in [2.24, 2.45) is 5.16 Å². The van der Waals surface area contributed by atoms with Crippen molar-refractivity contribution < 1.29 is 19.2 Å². The Labute approximate surface area is 224 Å². The molecule has 0 spiro atoms. The van der Waals surface area contributed by atoms with Crippen LogP contribution in [0, 0.1) is 0 Å². The summed E-state index contributed by atoms with van der Waals surface area (Å²) in [5.74, 6) is -0.812. The number of rotatable bonds is 7. The van der Waals surface area contributed by atoms with E-state index in [0.717, 1.165) is 11.1 Å². The summed E-state index contributed by atoms with van der Waals surface area (Å²) in [7, 11) is 5.20. The zero-order valence-corrected chi connectivity index (χ0v) is 22.3. The number of nitrogens with zero attached hydrogens (tertiary/aromatic N) is 6. The van der Waals surface area contributed by atoms with Gasteiger partial charge in [-0.15, -0.1) is 11.3 Å². The average molecular weight is 536 g/mol. The number of hydrogen-bond acceptors (Lipinski definition) is 10. The predicted molar refractivity (Wildman–Crippen MR) is 147 cm³/mol. The first-order valence-corrected chi connectivity index (χ1v) is 13.1. The maximum atomic E-state index is 13.3. The number of oxime groups is 1. The number of nitrogens with two attached hydrogens (primary N) is 1. The molecule has 3 heterocycles. The third-order valence-electron chi connectivity index (χ3n) is 6.80. The normalized spacial score (nSPS) is 16.1. The highest BCUT2D eigenvalue weighted by atomic mass is 32.1. The van der Waals surface area contributed by atoms with Gasteiger partial charge in [-0.25, -0.2) is 4.98 Å². The Morgan fingerprint density at radius 3 is 2.45 bits per heavy atom. The zero-order valence-electron chi connectivity index (χ0n) is 21.5. The summed E-state index contributed by atoms with van der Waals surface area (Å²) in [6, 6.07) is 9.33. The minimum atomic E-state index is -0.275. The van der Waals surface area contributed by atoms with Crippen LogP contribution in [-0.2, 0) is 9.63 Å². The lowest BCUT2D eigenvalue weighted by atomic mass is 9.92. The van der Waals surface area contributed by atoms with Crippen molar-refractivity contribution in [2.75, 3.05) is 71.1 Å². The van der Waals surface area contributed by atoms with Crippen molar-refractivity contribution in [1.29, 1.82) is 0 Å². The molecule has 2 aliphatic rings. The van der Waals surface area contributed by atoms with Crippen LogP contribution in [0.15, 0.2) is 40.9 Å². The third kappa shape index (κ3) is 4.56. The number of carbonyl (C=O) groups is 3. The highest BCUT2D eigenvalue weighted by molar-refractivity contribution is 7.13. The molecule has 1 aromatic heterocycles. The molecule has 5 rings (SSSR count). The van der Waals surface area contributed by atoms with Crippen molar-refractivity contribution in [3.8, 4) is 0 Å². The van der Waals surface area contributed by atoms with Gasteiger partial charge in [0.05, 0.1) is 0 Å². The predicted octanol–water partition coefficient (Wildman–Crippen LogP) is 1.74. The summed E-state index contributed by atoms with van der Waals surface area (Å²) in [4.78, 5) is 56.0. The van der Waals surface area contributed by atoms with Gasteiger partial charge in [0.1, 0.15) is 12.8 Å². The van der Waals surface area contributed by atoms with Crippen molar-refractivity contribution in [3.05, 3.63) is 52.5 Å². The minimum absolute atomic E-state index is 0.117. The highest BCUT2D eigenvalue weighted by Gasteiger charge is 2.34. The lowest BCUT2D eigenvalue weighted by molar-refractivity contribution is -0.124. The van der Waals surface area contributed by atoms with Gasteiger partial charge in [0, 0.05) is 72.2 Å². The molecule has 2 aromatic carbocycles. The van der Waals surface area contributed by atoms with Crippen LogP contribution < -0.4 is 10.6 Å². The smallest absolute Gasteiger partial charge is 0.278 e. The Morgan fingerprint density at radius 1 is 1.11 bits per heavy atom. The maximum absolute atomic E-state index is 13.3. The van der Waals surface area contributed by atoms with Crippen LogP contribution in [0.1, 0.15) is 26.4 Å². The second kappa shape index (κ2) is 10.4. The maximum Gasteiger partial charge on any atom is 0.278 e. The molecule has 12 heteroatoms. The number of anilines is 2. The van der Waals surface area contributed by atoms with Crippen LogP contribution in [0.2, 0.25) is 0 Å². The molecule has 0 radical (unpaired) electrons. The molecular formula is C26H29N7O4S. The summed E-state index contributed by atoms with van der Waals surface area (Å²) in [5, 5.41) is 7.48. The Bertz CT molecular complexity index is 1420. The molecule has 0 atom stereocenters. The fourth-order valence-corrected chi connectivity index (χ4v) is 5.44. The summed E-state index contributed by atoms with van der Waals surface area (Å²) in [6.45, 7) is 2.98. The first kappa shape index (κ1) is 25.6. The van der Waals surface area contributed by atoms with Crippen LogP contribution in [0.3, 0.4) is 0 Å². The minimum Gasteiger partial charge on any atom is -0.398 e. The van der Waals surface area contributed by atoms with E-state index >= 15 is 0 Å². The molecule has 38 heavy (non-hydrogen) atoms. The van der Waals surface area contributed by atoms with E-state index < -0.39 is 0 Å². The molecule has 2 N–H and O–H groups in total. The van der Waals surface area contributed by atoms with Gasteiger partial charge in [-0.1, -0.05) is 17.3 Å². The fraction of sp³-hybridized carbons (Fsp3) is 0.346. The molecule has 198 valence electrons. The van der Waals surface area contributed by atoms with E-state index in [1.165, 1.54) is 23.3 Å². The summed E-state index contributed by atoms with van der Waals surface area (Å²) in [6.07, 6.45) is 0. The van der Waals surface area contributed by atoms with Crippen LogP contribution in [0.5, 0.6) is 0 Å². The largest absolute Gasteiger partial charge is 0.398 e. The number of thiazole rings is 1. The molecule has 1 saturated heterocycles. The van der Waals surface area contributed by atoms with Crippen molar-refractivity contribution >= 4 is 56.4 Å². The molecule has 3 aromatic rings. The topological polar surface area (TPSA) is 125 Å². The highest BCUT2D eigenvalue weighted by Crippen LogP contribution is 2.36. The Hall–Kier alpha value is -4.03. The number of piperazine rings is 1. The number of benzene rings is 2. The number of hydrogen-bond donors (Lipinski definition) is 1. The third-order valence-corrected chi connectivity index (χ3v) is 7.47. The van der Waals surface area contributed by atoms with Gasteiger partial charge in [0.25, 0.3) is 17.7 Å². The van der Waals surface area contributed by atoms with Crippen LogP contribution in [0.4, 0.5) is 10.8 Å². The van der Waals surface area contributed by atoms with Gasteiger partial charge < -0.3 is 25.3 Å². The molecule has 3 amide bonds. The van der Waals surface area contributed by atoms with Crippen LogP contribution >= 0.6 is 11.3 Å². The van der Waals surface area contributed by atoms with Crippen molar-refractivity contribution in [2.45, 2.75) is 0 Å². The average Bonchev–Trinajstić information content (AvgIpc) is 3.35. The molecule has 1 fully saturated rings. The number of likely N-dealkylation sites (N-methyl/N-ethyl adjacent to an activating group) is 1. The first-order chi connectivity index (χ1) is 18.3. The van der Waals surface area contributed by atoms with Gasteiger partial charge in [0.2, 0.25) is 0 Å². The summed E-state index contributed by atoms with van der Waals surface area (Å²) in [5.41, 5.74) is 8.25. The Balaban J connectivity index is 1.38. The SMILES string of the molecule is CO/N=C(\C(=O)N1CCN(c2ccc3c4c(cccc24)C(=O)N(CCN(C)C)C3=O)CC1)c1csc(N)n1. The molecule has 0 aliphatic carbocycles. The quantitative estimate of drug-likeness (QED) is 0.276. The number of aromatic nitrogens is 1. The molecule has 0 bridgehead atoms. The lowest BCUT2D eigenvalue weighted by Crippen LogP contribution is -2.51. The number of carbonyl (C=O) groups excluding carboxylic acids is 3. The lowest BCUT2D eigenvalue weighted by Gasteiger charge is -2.37. The zero-order chi connectivity index (χ0) is 27.0. The van der Waals surface area contributed by atoms with Crippen molar-refractivity contribution in [3.63, 3.8) is 0 Å². The monoisotopic (exact) mass is 535 g/mol. The van der Waals surface area contributed by atoms with Gasteiger partial charge in [-0.2, -0.15) is 0 Å². The second-order valence-corrected chi connectivity index (χ2v) is 10.3. The number of nitrogen functional groups attached to an aromatic ring is 1. The van der Waals surface area contributed by atoms with Gasteiger partial charge in [-0.3, -0.25) is 19.3 Å². The van der Waals surface area contributed by atoms with Crippen molar-refractivity contribution in [1.82, 2.24) is 19.7 Å². The Morgan fingerprint density at radius 2 is 1.82 bits per heavy atom. The van der Waals surface area contributed by atoms with Gasteiger partial charge in [0.15, 0.2) is 10.8 Å². The molecule has 2 aliphatic heterocycles. The second-order valence-electron chi connectivity index (χ2n) is 9.40. The van der Waals surface area contributed by atoms with E-state index in [-0.39, 0.29) is 23.4 Å². The van der Waals surface area contributed by atoms with E-state index in [1.54, 1.807) is 16.3 Å². The van der Waals surface area contributed by atoms with Gasteiger partial charge >= 0.3 is 0 Å². The van der Waals surface area contributed by atoms with Crippen LogP contribution in [0.25, 0.3) is 10.8 Å². The van der Waals surface area contributed by atoms with E-state index in [9.17, 15) is 14.4 Å². The summed E-state index contributed by atoms with van der Waals surface area (Å²) < 4.78 is 0.